The smallest absolute Gasteiger partial charge is 0.380 e. The minimum atomic E-state index is -4.10. The summed E-state index contributed by atoms with van der Waals surface area (Å²) in [6, 6.07) is -0.235. The van der Waals surface area contributed by atoms with E-state index in [1.165, 1.54) is 0 Å². The van der Waals surface area contributed by atoms with Crippen LogP contribution in [0.1, 0.15) is 40.0 Å². The fourth-order valence-electron chi connectivity index (χ4n) is 1.93. The zero-order chi connectivity index (χ0) is 13.5. The highest BCUT2D eigenvalue weighted by Gasteiger charge is 2.31. The molecule has 0 rings (SSSR count). The summed E-state index contributed by atoms with van der Waals surface area (Å²) in [6.07, 6.45) is -4.07. The fourth-order valence-corrected chi connectivity index (χ4v) is 1.93. The summed E-state index contributed by atoms with van der Waals surface area (Å²) in [6.45, 7) is 6.63. The van der Waals surface area contributed by atoms with Crippen LogP contribution in [0, 0.1) is 5.92 Å². The minimum absolute atomic E-state index is 0.0696. The molecule has 104 valence electrons. The van der Waals surface area contributed by atoms with Gasteiger partial charge in [0.2, 0.25) is 0 Å². The number of rotatable bonds is 8. The highest BCUT2D eigenvalue weighted by molar-refractivity contribution is 4.80. The molecule has 0 aliphatic rings. The third kappa shape index (κ3) is 7.60. The molecule has 0 spiro atoms. The summed E-state index contributed by atoms with van der Waals surface area (Å²) in [5.74, 6) is 0.197. The monoisotopic (exact) mass is 255 g/mol. The van der Waals surface area contributed by atoms with Crippen molar-refractivity contribution in [2.45, 2.75) is 58.4 Å². The predicted molar refractivity (Wildman–Crippen MR) is 63.0 cm³/mol. The Balaban J connectivity index is 4.39. The number of hydrogen-bond donors (Lipinski definition) is 1. The van der Waals surface area contributed by atoms with E-state index in [9.17, 15) is 13.2 Å². The average molecular weight is 255 g/mol. The Morgan fingerprint density at radius 3 is 2.18 bits per heavy atom. The van der Waals surface area contributed by atoms with Gasteiger partial charge in [0, 0.05) is 19.6 Å². The molecule has 0 aromatic carbocycles. The molecule has 2 nitrogen and oxygen atoms in total. The van der Waals surface area contributed by atoms with E-state index in [1.54, 1.807) is 7.11 Å². The van der Waals surface area contributed by atoms with Crippen molar-refractivity contribution in [2.24, 2.45) is 5.92 Å². The topological polar surface area (TPSA) is 21.3 Å². The van der Waals surface area contributed by atoms with Gasteiger partial charge < -0.3 is 10.1 Å². The van der Waals surface area contributed by atoms with E-state index in [0.29, 0.717) is 0 Å². The Bertz CT molecular complexity index is 195. The highest BCUT2D eigenvalue weighted by atomic mass is 19.4. The number of alkyl halides is 3. The van der Waals surface area contributed by atoms with E-state index >= 15 is 0 Å². The molecule has 0 fully saturated rings. The van der Waals surface area contributed by atoms with Crippen LogP contribution in [0.2, 0.25) is 0 Å². The third-order valence-corrected chi connectivity index (χ3v) is 2.72. The van der Waals surface area contributed by atoms with Gasteiger partial charge in [-0.05, 0) is 25.3 Å². The maximum atomic E-state index is 12.2. The first-order chi connectivity index (χ1) is 7.81. The van der Waals surface area contributed by atoms with Crippen LogP contribution >= 0.6 is 0 Å². The summed E-state index contributed by atoms with van der Waals surface area (Å²) in [7, 11) is 1.55. The molecule has 0 radical (unpaired) electrons. The van der Waals surface area contributed by atoms with Gasteiger partial charge in [0.15, 0.2) is 0 Å². The lowest BCUT2D eigenvalue weighted by atomic mass is 9.95. The first kappa shape index (κ1) is 16.7. The molecule has 0 aromatic heterocycles. The van der Waals surface area contributed by atoms with Crippen molar-refractivity contribution in [3.05, 3.63) is 0 Å². The number of nitrogens with one attached hydrogen (secondary N) is 1. The zero-order valence-electron chi connectivity index (χ0n) is 11.1. The molecular weight excluding hydrogens is 231 g/mol. The second-order valence-corrected chi connectivity index (χ2v) is 4.66. The Labute approximate surface area is 102 Å². The quantitative estimate of drug-likeness (QED) is 0.718. The van der Waals surface area contributed by atoms with Crippen LogP contribution in [-0.4, -0.2) is 32.0 Å². The maximum Gasteiger partial charge on any atom is 0.389 e. The molecule has 0 aromatic rings. The van der Waals surface area contributed by atoms with Gasteiger partial charge in [0.25, 0.3) is 0 Å². The molecule has 17 heavy (non-hydrogen) atoms. The number of methoxy groups -OCH3 is 1. The van der Waals surface area contributed by atoms with Gasteiger partial charge in [-0.25, -0.2) is 0 Å². The van der Waals surface area contributed by atoms with Crippen LogP contribution in [0.3, 0.4) is 0 Å². The fraction of sp³-hybridized carbons (Fsp3) is 1.00. The van der Waals surface area contributed by atoms with Crippen LogP contribution in [0.15, 0.2) is 0 Å². The number of hydrogen-bond acceptors (Lipinski definition) is 2. The van der Waals surface area contributed by atoms with Crippen molar-refractivity contribution in [2.75, 3.05) is 13.7 Å². The van der Waals surface area contributed by atoms with Gasteiger partial charge in [0.1, 0.15) is 0 Å². The molecule has 2 unspecified atom stereocenters. The van der Waals surface area contributed by atoms with E-state index < -0.39 is 12.6 Å². The van der Waals surface area contributed by atoms with Gasteiger partial charge in [-0.1, -0.05) is 20.8 Å². The van der Waals surface area contributed by atoms with E-state index in [2.05, 4.69) is 5.32 Å². The molecule has 5 heteroatoms. The van der Waals surface area contributed by atoms with Gasteiger partial charge in [0.05, 0.1) is 6.10 Å². The highest BCUT2D eigenvalue weighted by Crippen LogP contribution is 2.24. The SMILES string of the molecule is CCCNC(CCC(F)(F)F)C(OC)C(C)C. The molecule has 2 atom stereocenters. The normalized spacial score (nSPS) is 16.2. The van der Waals surface area contributed by atoms with Crippen LogP contribution in [-0.2, 0) is 4.74 Å². The molecule has 0 heterocycles. The lowest BCUT2D eigenvalue weighted by Crippen LogP contribution is -2.44. The largest absolute Gasteiger partial charge is 0.389 e. The molecule has 1 N–H and O–H groups in total. The van der Waals surface area contributed by atoms with Crippen LogP contribution in [0.5, 0.6) is 0 Å². The predicted octanol–water partition coefficient (Wildman–Crippen LogP) is 3.37. The first-order valence-electron chi connectivity index (χ1n) is 6.14. The average Bonchev–Trinajstić information content (AvgIpc) is 2.20. The van der Waals surface area contributed by atoms with Crippen molar-refractivity contribution in [3.8, 4) is 0 Å². The van der Waals surface area contributed by atoms with Crippen molar-refractivity contribution in [1.29, 1.82) is 0 Å². The van der Waals surface area contributed by atoms with E-state index in [-0.39, 0.29) is 24.5 Å². The van der Waals surface area contributed by atoms with Crippen molar-refractivity contribution in [3.63, 3.8) is 0 Å². The summed E-state index contributed by atoms with van der Waals surface area (Å²) in [4.78, 5) is 0. The molecule has 0 saturated carbocycles. The second kappa shape index (κ2) is 7.93. The van der Waals surface area contributed by atoms with Crippen molar-refractivity contribution >= 4 is 0 Å². The lowest BCUT2D eigenvalue weighted by molar-refractivity contribution is -0.138. The molecule has 0 aliphatic carbocycles. The summed E-state index contributed by atoms with van der Waals surface area (Å²) in [5.41, 5.74) is 0. The van der Waals surface area contributed by atoms with E-state index in [0.717, 1.165) is 13.0 Å². The van der Waals surface area contributed by atoms with Crippen LogP contribution < -0.4 is 5.32 Å². The maximum absolute atomic E-state index is 12.2. The number of ether oxygens (including phenoxy) is 1. The lowest BCUT2D eigenvalue weighted by Gasteiger charge is -2.30. The Kier molecular flexibility index (Phi) is 7.79. The van der Waals surface area contributed by atoms with Crippen molar-refractivity contribution < 1.29 is 17.9 Å². The summed E-state index contributed by atoms with van der Waals surface area (Å²) in [5, 5.41) is 3.15. The Morgan fingerprint density at radius 1 is 1.24 bits per heavy atom. The summed E-state index contributed by atoms with van der Waals surface area (Å²) >= 11 is 0. The first-order valence-corrected chi connectivity index (χ1v) is 6.14. The number of halogens is 3. The Morgan fingerprint density at radius 2 is 1.82 bits per heavy atom. The minimum Gasteiger partial charge on any atom is -0.380 e. The third-order valence-electron chi connectivity index (χ3n) is 2.72. The molecule has 0 bridgehead atoms. The molecule has 0 amide bonds. The standard InChI is InChI=1S/C12H24F3NO/c1-5-8-16-10(6-7-12(13,14)15)11(17-4)9(2)3/h9-11,16H,5-8H2,1-4H3. The summed E-state index contributed by atoms with van der Waals surface area (Å²) < 4.78 is 42.0. The molecule has 0 saturated heterocycles. The molecular formula is C12H24F3NO. The Hall–Kier alpha value is -0.290. The zero-order valence-corrected chi connectivity index (χ0v) is 11.1. The van der Waals surface area contributed by atoms with Gasteiger partial charge in [-0.2, -0.15) is 13.2 Å². The van der Waals surface area contributed by atoms with Crippen LogP contribution in [0.25, 0.3) is 0 Å². The van der Waals surface area contributed by atoms with Gasteiger partial charge in [-0.3, -0.25) is 0 Å². The van der Waals surface area contributed by atoms with E-state index in [4.69, 9.17) is 4.74 Å². The van der Waals surface area contributed by atoms with Crippen LogP contribution in [0.4, 0.5) is 13.2 Å². The van der Waals surface area contributed by atoms with Gasteiger partial charge >= 0.3 is 6.18 Å². The van der Waals surface area contributed by atoms with Crippen molar-refractivity contribution in [1.82, 2.24) is 5.32 Å². The second-order valence-electron chi connectivity index (χ2n) is 4.66. The van der Waals surface area contributed by atoms with Gasteiger partial charge in [-0.15, -0.1) is 0 Å². The molecule has 0 aliphatic heterocycles. The van der Waals surface area contributed by atoms with E-state index in [1.807, 2.05) is 20.8 Å².